The van der Waals surface area contributed by atoms with Crippen LogP contribution < -0.4 is 25.7 Å². The first-order chi connectivity index (χ1) is 23.5. The van der Waals surface area contributed by atoms with Crippen molar-refractivity contribution in [3.63, 3.8) is 0 Å². The topological polar surface area (TPSA) is 117 Å². The summed E-state index contributed by atoms with van der Waals surface area (Å²) < 4.78 is 34.3. The lowest BCUT2D eigenvalue weighted by Crippen LogP contribution is -2.29. The van der Waals surface area contributed by atoms with Gasteiger partial charge in [-0.2, -0.15) is 0 Å². The maximum absolute atomic E-state index is 15.4. The number of carbonyl (C=O) groups is 1. The third-order valence-electron chi connectivity index (χ3n) is 7.79. The summed E-state index contributed by atoms with van der Waals surface area (Å²) in [6.07, 6.45) is 5.70. The number of rotatable bonds is 11. The zero-order valence-corrected chi connectivity index (χ0v) is 27.9. The van der Waals surface area contributed by atoms with E-state index in [1.54, 1.807) is 37.7 Å². The van der Waals surface area contributed by atoms with Crippen molar-refractivity contribution in [2.75, 3.05) is 32.2 Å². The standard InChI is InChI=1S/C36H30FN5O5S.ClH/c1-45-16-14-38-19-22-7-9-27(40-20-22)31-18-28-34(48-31)30(11-13-39-28)47-29-10-8-24(17-26(29)37)41-35(43)32-33-23(12-15-46-33)21-42(36(32)44)25-5-3-2-4-6-25;/h2-11,13,17-18,20-21,38H,12,14-16,19H2,1H3,(H,41,43);1H. The van der Waals surface area contributed by atoms with Gasteiger partial charge in [-0.3, -0.25) is 24.1 Å². The van der Waals surface area contributed by atoms with Crippen LogP contribution in [0.25, 0.3) is 26.5 Å². The van der Waals surface area contributed by atoms with Crippen molar-refractivity contribution in [3.05, 3.63) is 124 Å². The van der Waals surface area contributed by atoms with Gasteiger partial charge in [-0.15, -0.1) is 23.7 Å². The van der Waals surface area contributed by atoms with Gasteiger partial charge >= 0.3 is 0 Å². The van der Waals surface area contributed by atoms with Crippen LogP contribution >= 0.6 is 23.7 Å². The smallest absolute Gasteiger partial charge is 0.271 e. The van der Waals surface area contributed by atoms with Crippen LogP contribution in [-0.2, 0) is 17.7 Å². The molecule has 13 heteroatoms. The number of thiophene rings is 1. The molecule has 0 bridgehead atoms. The van der Waals surface area contributed by atoms with Gasteiger partial charge in [-0.25, -0.2) is 4.39 Å². The molecular weight excluding hydrogens is 669 g/mol. The highest BCUT2D eigenvalue weighted by Crippen LogP contribution is 2.39. The fourth-order valence-corrected chi connectivity index (χ4v) is 6.46. The molecule has 5 heterocycles. The third-order valence-corrected chi connectivity index (χ3v) is 8.95. The molecular formula is C36H31ClFN5O5S. The van der Waals surface area contributed by atoms with E-state index in [4.69, 9.17) is 14.2 Å². The Hall–Kier alpha value is -5.14. The minimum absolute atomic E-state index is 0. The van der Waals surface area contributed by atoms with Gasteiger partial charge in [0.05, 0.1) is 34.0 Å². The molecule has 4 aromatic heterocycles. The first kappa shape index (κ1) is 33.7. The summed E-state index contributed by atoms with van der Waals surface area (Å²) in [5, 5.41) is 5.96. The average molecular weight is 700 g/mol. The minimum Gasteiger partial charge on any atom is -0.492 e. The molecule has 250 valence electrons. The summed E-state index contributed by atoms with van der Waals surface area (Å²) >= 11 is 1.45. The fourth-order valence-electron chi connectivity index (χ4n) is 5.41. The Kier molecular flexibility index (Phi) is 10.3. The largest absolute Gasteiger partial charge is 0.492 e. The number of anilines is 1. The van der Waals surface area contributed by atoms with Crippen LogP contribution in [0.5, 0.6) is 17.2 Å². The summed E-state index contributed by atoms with van der Waals surface area (Å²) in [5.74, 6) is -0.730. The van der Waals surface area contributed by atoms with E-state index in [0.717, 1.165) is 39.0 Å². The second-order valence-electron chi connectivity index (χ2n) is 11.0. The Morgan fingerprint density at radius 2 is 1.92 bits per heavy atom. The van der Waals surface area contributed by atoms with Gasteiger partial charge in [0.25, 0.3) is 11.5 Å². The van der Waals surface area contributed by atoms with Gasteiger partial charge in [-0.05, 0) is 42.0 Å². The fraction of sp³-hybridized carbons (Fsp3) is 0.167. The second-order valence-corrected chi connectivity index (χ2v) is 12.1. The molecule has 49 heavy (non-hydrogen) atoms. The van der Waals surface area contributed by atoms with Crippen molar-refractivity contribution >= 4 is 45.6 Å². The number of methoxy groups -OCH3 is 1. The van der Waals surface area contributed by atoms with Gasteiger partial charge in [-0.1, -0.05) is 24.3 Å². The Bertz CT molecular complexity index is 2180. The zero-order chi connectivity index (χ0) is 33.0. The van der Waals surface area contributed by atoms with Crippen molar-refractivity contribution in [2.24, 2.45) is 0 Å². The Morgan fingerprint density at radius 3 is 2.69 bits per heavy atom. The number of nitrogens with zero attached hydrogens (tertiary/aromatic N) is 3. The van der Waals surface area contributed by atoms with Gasteiger partial charge < -0.3 is 24.8 Å². The Balaban J connectivity index is 0.00000417. The number of benzene rings is 2. The Labute approximate surface area is 290 Å². The van der Waals surface area contributed by atoms with Crippen LogP contribution in [0.2, 0.25) is 0 Å². The van der Waals surface area contributed by atoms with Crippen molar-refractivity contribution in [1.29, 1.82) is 0 Å². The summed E-state index contributed by atoms with van der Waals surface area (Å²) in [6, 6.07) is 20.7. The first-order valence-electron chi connectivity index (χ1n) is 15.3. The number of nitrogens with one attached hydrogen (secondary N) is 2. The van der Waals surface area contributed by atoms with E-state index in [1.165, 1.54) is 28.0 Å². The van der Waals surface area contributed by atoms with Crippen molar-refractivity contribution in [1.82, 2.24) is 19.9 Å². The van der Waals surface area contributed by atoms with Crippen molar-refractivity contribution in [3.8, 4) is 33.5 Å². The number of para-hydroxylation sites is 1. The number of aromatic nitrogens is 3. The lowest BCUT2D eigenvalue weighted by atomic mass is 10.1. The number of carbonyl (C=O) groups excluding carboxylic acids is 1. The number of fused-ring (bicyclic) bond motifs is 2. The molecule has 0 unspecified atom stereocenters. The lowest BCUT2D eigenvalue weighted by Gasteiger charge is -2.13. The van der Waals surface area contributed by atoms with Gasteiger partial charge in [0.2, 0.25) is 0 Å². The van der Waals surface area contributed by atoms with Crippen LogP contribution in [0.4, 0.5) is 10.1 Å². The van der Waals surface area contributed by atoms with Gasteiger partial charge in [0.15, 0.2) is 11.6 Å². The van der Waals surface area contributed by atoms with E-state index >= 15 is 4.39 Å². The molecule has 1 amide bonds. The molecule has 10 nitrogen and oxygen atoms in total. The molecule has 0 saturated heterocycles. The summed E-state index contributed by atoms with van der Waals surface area (Å²) in [6.45, 7) is 2.44. The third kappa shape index (κ3) is 7.18. The van der Waals surface area contributed by atoms with Crippen LogP contribution in [0, 0.1) is 5.82 Å². The van der Waals surface area contributed by atoms with E-state index in [2.05, 4.69) is 20.6 Å². The average Bonchev–Trinajstić information content (AvgIpc) is 3.76. The van der Waals surface area contributed by atoms with E-state index < -0.39 is 17.3 Å². The second kappa shape index (κ2) is 15.0. The molecule has 0 spiro atoms. The number of halogens is 2. The highest BCUT2D eigenvalue weighted by molar-refractivity contribution is 7.22. The zero-order valence-electron chi connectivity index (χ0n) is 26.3. The number of hydrogen-bond acceptors (Lipinski definition) is 9. The molecule has 0 saturated carbocycles. The predicted molar refractivity (Wildman–Crippen MR) is 189 cm³/mol. The van der Waals surface area contributed by atoms with E-state index in [-0.39, 0.29) is 35.2 Å². The highest BCUT2D eigenvalue weighted by Gasteiger charge is 2.27. The number of pyridine rings is 3. The molecule has 7 rings (SSSR count). The SMILES string of the molecule is COCCNCc1ccc(-c2cc3nccc(Oc4ccc(NC(=O)c5c6c(cn(-c7ccccc7)c5=O)CCO6)cc4F)c3s2)nc1.Cl. The highest BCUT2D eigenvalue weighted by atomic mass is 35.5. The van der Waals surface area contributed by atoms with Gasteiger partial charge in [0.1, 0.15) is 17.1 Å². The van der Waals surface area contributed by atoms with Crippen LogP contribution in [0.3, 0.4) is 0 Å². The summed E-state index contributed by atoms with van der Waals surface area (Å²) in [4.78, 5) is 36.9. The van der Waals surface area contributed by atoms with Crippen molar-refractivity contribution in [2.45, 2.75) is 13.0 Å². The molecule has 0 fully saturated rings. The molecule has 0 aliphatic carbocycles. The number of hydrogen-bond donors (Lipinski definition) is 2. The van der Waals surface area contributed by atoms with E-state index in [9.17, 15) is 9.59 Å². The summed E-state index contributed by atoms with van der Waals surface area (Å²) in [5.41, 5.74) is 3.41. The normalized spacial score (nSPS) is 11.9. The monoisotopic (exact) mass is 699 g/mol. The van der Waals surface area contributed by atoms with Crippen LogP contribution in [0.1, 0.15) is 21.5 Å². The minimum atomic E-state index is -0.692. The Morgan fingerprint density at radius 1 is 1.06 bits per heavy atom. The maximum Gasteiger partial charge on any atom is 0.271 e. The van der Waals surface area contributed by atoms with E-state index in [1.807, 2.05) is 42.6 Å². The quantitative estimate of drug-likeness (QED) is 0.142. The summed E-state index contributed by atoms with van der Waals surface area (Å²) in [7, 11) is 1.67. The number of amides is 1. The molecule has 6 aromatic rings. The lowest BCUT2D eigenvalue weighted by molar-refractivity contribution is 0.102. The predicted octanol–water partition coefficient (Wildman–Crippen LogP) is 6.79. The molecule has 0 atom stereocenters. The first-order valence-corrected chi connectivity index (χ1v) is 16.1. The van der Waals surface area contributed by atoms with Crippen molar-refractivity contribution < 1.29 is 23.4 Å². The van der Waals surface area contributed by atoms with Crippen LogP contribution in [-0.4, -0.2) is 47.3 Å². The number of ether oxygens (including phenoxy) is 3. The maximum atomic E-state index is 15.4. The molecule has 2 aromatic carbocycles. The molecule has 1 aliphatic rings. The van der Waals surface area contributed by atoms with Crippen LogP contribution in [0.15, 0.2) is 96.2 Å². The molecule has 1 aliphatic heterocycles. The van der Waals surface area contributed by atoms with Gasteiger partial charge in [0, 0.05) is 74.3 Å². The molecule has 2 N–H and O–H groups in total. The molecule has 0 radical (unpaired) electrons. The van der Waals surface area contributed by atoms with E-state index in [0.29, 0.717) is 43.1 Å².